The largest absolute Gasteiger partial charge is 0.390 e. The van der Waals surface area contributed by atoms with Gasteiger partial charge in [0.1, 0.15) is 0 Å². The molecule has 0 aromatic carbocycles. The van der Waals surface area contributed by atoms with Gasteiger partial charge in [0, 0.05) is 5.92 Å². The predicted octanol–water partition coefficient (Wildman–Crippen LogP) is 1.97. The van der Waals surface area contributed by atoms with Gasteiger partial charge in [0.15, 0.2) is 0 Å². The highest BCUT2D eigenvalue weighted by Crippen LogP contribution is 2.16. The summed E-state index contributed by atoms with van der Waals surface area (Å²) in [5.74, 6) is 0.238. The van der Waals surface area contributed by atoms with Crippen molar-refractivity contribution in [2.24, 2.45) is 5.92 Å². The summed E-state index contributed by atoms with van der Waals surface area (Å²) in [7, 11) is 0. The molecule has 0 amide bonds. The second kappa shape index (κ2) is 3.02. The molecule has 0 aliphatic rings. The first-order valence-corrected chi connectivity index (χ1v) is 3.33. The zero-order valence-electron chi connectivity index (χ0n) is 6.68. The SMILES string of the molecule is C/C=C/[C@@H](C)C(C)(C)O. The first kappa shape index (κ1) is 8.70. The van der Waals surface area contributed by atoms with E-state index in [0.29, 0.717) is 0 Å². The maximum atomic E-state index is 9.37. The van der Waals surface area contributed by atoms with Gasteiger partial charge in [-0.05, 0) is 20.8 Å². The summed E-state index contributed by atoms with van der Waals surface area (Å²) in [5.41, 5.74) is -0.577. The third kappa shape index (κ3) is 3.31. The molecule has 0 aliphatic carbocycles. The Bertz CT molecular complexity index is 97.6. The summed E-state index contributed by atoms with van der Waals surface area (Å²) in [6.07, 6.45) is 3.96. The summed E-state index contributed by atoms with van der Waals surface area (Å²) in [6, 6.07) is 0. The van der Waals surface area contributed by atoms with Crippen LogP contribution in [0.1, 0.15) is 27.7 Å². The van der Waals surface area contributed by atoms with Crippen LogP contribution in [-0.2, 0) is 0 Å². The van der Waals surface area contributed by atoms with E-state index in [4.69, 9.17) is 0 Å². The maximum Gasteiger partial charge on any atom is 0.0651 e. The lowest BCUT2D eigenvalue weighted by Crippen LogP contribution is -2.26. The molecule has 0 bridgehead atoms. The summed E-state index contributed by atoms with van der Waals surface area (Å²) < 4.78 is 0. The van der Waals surface area contributed by atoms with Crippen LogP contribution in [0.15, 0.2) is 12.2 Å². The average molecular weight is 128 g/mol. The van der Waals surface area contributed by atoms with E-state index in [1.165, 1.54) is 0 Å². The van der Waals surface area contributed by atoms with Gasteiger partial charge in [-0.3, -0.25) is 0 Å². The average Bonchev–Trinajstić information content (AvgIpc) is 1.64. The normalized spacial score (nSPS) is 16.6. The molecule has 0 spiro atoms. The van der Waals surface area contributed by atoms with Crippen molar-refractivity contribution >= 4 is 0 Å². The predicted molar refractivity (Wildman–Crippen MR) is 40.3 cm³/mol. The molecule has 0 aromatic rings. The van der Waals surface area contributed by atoms with Crippen LogP contribution in [0.3, 0.4) is 0 Å². The Morgan fingerprint density at radius 2 is 1.89 bits per heavy atom. The lowest BCUT2D eigenvalue weighted by atomic mass is 9.93. The Morgan fingerprint density at radius 1 is 1.44 bits per heavy atom. The van der Waals surface area contributed by atoms with E-state index in [1.54, 1.807) is 0 Å². The highest BCUT2D eigenvalue weighted by molar-refractivity contribution is 4.91. The van der Waals surface area contributed by atoms with Gasteiger partial charge in [-0.25, -0.2) is 0 Å². The number of rotatable bonds is 2. The topological polar surface area (TPSA) is 20.2 Å². The zero-order valence-corrected chi connectivity index (χ0v) is 6.68. The number of aliphatic hydroxyl groups is 1. The zero-order chi connectivity index (χ0) is 7.49. The smallest absolute Gasteiger partial charge is 0.0651 e. The second-order valence-corrected chi connectivity index (χ2v) is 2.97. The molecule has 1 heteroatoms. The standard InChI is InChI=1S/C8H16O/c1-5-6-7(2)8(3,4)9/h5-7,9H,1-4H3/b6-5+/t7-/m1/s1. The highest BCUT2D eigenvalue weighted by atomic mass is 16.3. The molecule has 0 rings (SSSR count). The van der Waals surface area contributed by atoms with Crippen LogP contribution in [0.2, 0.25) is 0 Å². The minimum Gasteiger partial charge on any atom is -0.390 e. The first-order chi connectivity index (χ1) is 3.98. The Hall–Kier alpha value is -0.300. The molecular weight excluding hydrogens is 112 g/mol. The number of allylic oxidation sites excluding steroid dienone is 1. The van der Waals surface area contributed by atoms with Gasteiger partial charge < -0.3 is 5.11 Å². The van der Waals surface area contributed by atoms with Crippen LogP contribution in [-0.4, -0.2) is 10.7 Å². The molecule has 0 radical (unpaired) electrons. The molecule has 54 valence electrons. The quantitative estimate of drug-likeness (QED) is 0.564. The molecule has 0 heterocycles. The van der Waals surface area contributed by atoms with Gasteiger partial charge in [0.2, 0.25) is 0 Å². The van der Waals surface area contributed by atoms with E-state index in [2.05, 4.69) is 0 Å². The Labute approximate surface area is 57.4 Å². The number of hydrogen-bond acceptors (Lipinski definition) is 1. The summed E-state index contributed by atoms with van der Waals surface area (Å²) >= 11 is 0. The van der Waals surface area contributed by atoms with Gasteiger partial charge in [0.25, 0.3) is 0 Å². The van der Waals surface area contributed by atoms with Gasteiger partial charge in [0.05, 0.1) is 5.60 Å². The van der Waals surface area contributed by atoms with Gasteiger partial charge in [-0.15, -0.1) is 0 Å². The molecule has 0 saturated heterocycles. The van der Waals surface area contributed by atoms with E-state index in [9.17, 15) is 5.11 Å². The maximum absolute atomic E-state index is 9.37. The monoisotopic (exact) mass is 128 g/mol. The van der Waals surface area contributed by atoms with Crippen LogP contribution in [0, 0.1) is 5.92 Å². The molecule has 0 fully saturated rings. The Balaban J connectivity index is 3.88. The Morgan fingerprint density at radius 3 is 2.00 bits per heavy atom. The van der Waals surface area contributed by atoms with Crippen LogP contribution in [0.4, 0.5) is 0 Å². The second-order valence-electron chi connectivity index (χ2n) is 2.97. The molecule has 0 saturated carbocycles. The van der Waals surface area contributed by atoms with E-state index in [0.717, 1.165) is 0 Å². The third-order valence-corrected chi connectivity index (χ3v) is 1.60. The van der Waals surface area contributed by atoms with Crippen molar-refractivity contribution in [3.63, 3.8) is 0 Å². The van der Waals surface area contributed by atoms with Crippen molar-refractivity contribution in [2.45, 2.75) is 33.3 Å². The van der Waals surface area contributed by atoms with Crippen LogP contribution in [0.5, 0.6) is 0 Å². The van der Waals surface area contributed by atoms with Gasteiger partial charge in [-0.2, -0.15) is 0 Å². The summed E-state index contributed by atoms with van der Waals surface area (Å²) in [6.45, 7) is 7.59. The van der Waals surface area contributed by atoms with Crippen LogP contribution >= 0.6 is 0 Å². The van der Waals surface area contributed by atoms with Crippen molar-refractivity contribution in [3.8, 4) is 0 Å². The van der Waals surface area contributed by atoms with Crippen molar-refractivity contribution in [2.75, 3.05) is 0 Å². The minimum atomic E-state index is -0.577. The lowest BCUT2D eigenvalue weighted by molar-refractivity contribution is 0.0440. The fourth-order valence-electron chi connectivity index (χ4n) is 0.524. The van der Waals surface area contributed by atoms with E-state index in [-0.39, 0.29) is 5.92 Å². The highest BCUT2D eigenvalue weighted by Gasteiger charge is 2.18. The molecule has 9 heavy (non-hydrogen) atoms. The molecule has 0 unspecified atom stereocenters. The van der Waals surface area contributed by atoms with Crippen molar-refractivity contribution < 1.29 is 5.11 Å². The van der Waals surface area contributed by atoms with E-state index in [1.807, 2.05) is 39.8 Å². The molecule has 1 atom stereocenters. The molecular formula is C8H16O. The molecule has 0 aliphatic heterocycles. The fraction of sp³-hybridized carbons (Fsp3) is 0.750. The van der Waals surface area contributed by atoms with Gasteiger partial charge >= 0.3 is 0 Å². The Kier molecular flexibility index (Phi) is 2.92. The van der Waals surface area contributed by atoms with Crippen LogP contribution < -0.4 is 0 Å². The summed E-state index contributed by atoms with van der Waals surface area (Å²) in [5, 5.41) is 9.37. The van der Waals surface area contributed by atoms with Crippen molar-refractivity contribution in [3.05, 3.63) is 12.2 Å². The third-order valence-electron chi connectivity index (χ3n) is 1.60. The van der Waals surface area contributed by atoms with E-state index >= 15 is 0 Å². The van der Waals surface area contributed by atoms with Gasteiger partial charge in [-0.1, -0.05) is 19.1 Å². The number of hydrogen-bond donors (Lipinski definition) is 1. The lowest BCUT2D eigenvalue weighted by Gasteiger charge is -2.22. The van der Waals surface area contributed by atoms with Crippen LogP contribution in [0.25, 0.3) is 0 Å². The van der Waals surface area contributed by atoms with E-state index < -0.39 is 5.60 Å². The van der Waals surface area contributed by atoms with Crippen molar-refractivity contribution in [1.29, 1.82) is 0 Å². The van der Waals surface area contributed by atoms with Crippen molar-refractivity contribution in [1.82, 2.24) is 0 Å². The molecule has 1 N–H and O–H groups in total. The molecule has 1 nitrogen and oxygen atoms in total. The first-order valence-electron chi connectivity index (χ1n) is 3.33. The molecule has 0 aromatic heterocycles. The summed E-state index contributed by atoms with van der Waals surface area (Å²) in [4.78, 5) is 0. The fourth-order valence-corrected chi connectivity index (χ4v) is 0.524. The minimum absolute atomic E-state index is 0.238.